The molecular formula is C11H16N2OS. The highest BCUT2D eigenvalue weighted by atomic mass is 32.2. The first-order chi connectivity index (χ1) is 7.09. The van der Waals surface area contributed by atoms with Crippen molar-refractivity contribution < 1.29 is 4.79 Å². The molecule has 3 nitrogen and oxygen atoms in total. The molecule has 1 aromatic carbocycles. The number of rotatable bonds is 4. The third-order valence-corrected chi connectivity index (χ3v) is 2.88. The van der Waals surface area contributed by atoms with Gasteiger partial charge in [-0.15, -0.1) is 11.8 Å². The summed E-state index contributed by atoms with van der Waals surface area (Å²) in [5, 5.41) is 3.24. The molecule has 0 radical (unpaired) electrons. The van der Waals surface area contributed by atoms with Crippen LogP contribution in [-0.4, -0.2) is 16.9 Å². The van der Waals surface area contributed by atoms with Crippen molar-refractivity contribution in [2.24, 2.45) is 0 Å². The van der Waals surface area contributed by atoms with E-state index in [1.54, 1.807) is 23.9 Å². The summed E-state index contributed by atoms with van der Waals surface area (Å²) < 4.78 is 0. The average Bonchev–Trinajstić information content (AvgIpc) is 2.18. The fraction of sp³-hybridized carbons (Fsp3) is 0.364. The van der Waals surface area contributed by atoms with Crippen LogP contribution in [0.1, 0.15) is 13.8 Å². The molecule has 15 heavy (non-hydrogen) atoms. The van der Waals surface area contributed by atoms with E-state index < -0.39 is 0 Å². The Hall–Kier alpha value is -1.16. The Bertz CT molecular complexity index is 339. The van der Waals surface area contributed by atoms with Gasteiger partial charge in [-0.25, -0.2) is 0 Å². The van der Waals surface area contributed by atoms with Gasteiger partial charge in [-0.05, 0) is 17.4 Å². The van der Waals surface area contributed by atoms with Crippen LogP contribution in [0.4, 0.5) is 11.4 Å². The molecule has 0 aliphatic carbocycles. The average molecular weight is 224 g/mol. The molecule has 1 aromatic rings. The normalized spacial score (nSPS) is 10.3. The van der Waals surface area contributed by atoms with E-state index in [1.807, 2.05) is 12.1 Å². The Morgan fingerprint density at radius 2 is 2.13 bits per heavy atom. The number of nitrogens with two attached hydrogens (primary N) is 1. The summed E-state index contributed by atoms with van der Waals surface area (Å²) in [6.07, 6.45) is 0. The van der Waals surface area contributed by atoms with Crippen LogP contribution in [0.15, 0.2) is 24.3 Å². The zero-order valence-corrected chi connectivity index (χ0v) is 9.80. The van der Waals surface area contributed by atoms with E-state index in [0.29, 0.717) is 22.4 Å². The number of para-hydroxylation sites is 2. The van der Waals surface area contributed by atoms with Gasteiger partial charge in [-0.2, -0.15) is 0 Å². The quantitative estimate of drug-likeness (QED) is 0.772. The van der Waals surface area contributed by atoms with Crippen LogP contribution < -0.4 is 11.1 Å². The molecule has 0 aliphatic rings. The number of carbonyl (C=O) groups excluding carboxylic acids is 1. The Morgan fingerprint density at radius 3 is 2.73 bits per heavy atom. The van der Waals surface area contributed by atoms with Crippen molar-refractivity contribution in [3.05, 3.63) is 24.3 Å². The Morgan fingerprint density at radius 1 is 1.47 bits per heavy atom. The Labute approximate surface area is 94.4 Å². The molecule has 0 heterocycles. The largest absolute Gasteiger partial charge is 0.397 e. The molecule has 0 spiro atoms. The summed E-state index contributed by atoms with van der Waals surface area (Å²) in [7, 11) is 0. The number of hydrogen-bond acceptors (Lipinski definition) is 3. The molecule has 0 atom stereocenters. The Balaban J connectivity index is 2.48. The minimum Gasteiger partial charge on any atom is -0.397 e. The van der Waals surface area contributed by atoms with Gasteiger partial charge in [-0.1, -0.05) is 26.0 Å². The van der Waals surface area contributed by atoms with Gasteiger partial charge in [0.05, 0.1) is 17.1 Å². The van der Waals surface area contributed by atoms with Gasteiger partial charge < -0.3 is 11.1 Å². The van der Waals surface area contributed by atoms with E-state index in [2.05, 4.69) is 19.2 Å². The predicted molar refractivity (Wildman–Crippen MR) is 67.1 cm³/mol. The van der Waals surface area contributed by atoms with Crippen molar-refractivity contribution >= 4 is 29.0 Å². The number of carbonyl (C=O) groups is 1. The van der Waals surface area contributed by atoms with Crippen LogP contribution >= 0.6 is 11.8 Å². The molecule has 0 saturated carbocycles. The molecule has 1 amide bonds. The highest BCUT2D eigenvalue weighted by molar-refractivity contribution is 8.00. The number of benzene rings is 1. The minimum atomic E-state index is -0.00778. The summed E-state index contributed by atoms with van der Waals surface area (Å²) >= 11 is 1.61. The number of nitrogens with one attached hydrogen (secondary N) is 1. The van der Waals surface area contributed by atoms with Gasteiger partial charge >= 0.3 is 0 Å². The first kappa shape index (κ1) is 11.9. The molecule has 0 saturated heterocycles. The van der Waals surface area contributed by atoms with Crippen molar-refractivity contribution in [3.63, 3.8) is 0 Å². The topological polar surface area (TPSA) is 55.1 Å². The summed E-state index contributed by atoms with van der Waals surface area (Å²) in [6.45, 7) is 4.13. The number of thioether (sulfide) groups is 1. The molecule has 0 fully saturated rings. The van der Waals surface area contributed by atoms with Crippen molar-refractivity contribution in [2.45, 2.75) is 19.1 Å². The Kier molecular flexibility index (Phi) is 4.49. The number of nitrogen functional groups attached to an aromatic ring is 1. The van der Waals surface area contributed by atoms with E-state index >= 15 is 0 Å². The number of amides is 1. The predicted octanol–water partition coefficient (Wildman–Crippen LogP) is 2.35. The van der Waals surface area contributed by atoms with Crippen molar-refractivity contribution in [1.29, 1.82) is 0 Å². The monoisotopic (exact) mass is 224 g/mol. The van der Waals surface area contributed by atoms with E-state index in [0.717, 1.165) is 0 Å². The molecular weight excluding hydrogens is 208 g/mol. The smallest absolute Gasteiger partial charge is 0.234 e. The molecule has 1 rings (SSSR count). The lowest BCUT2D eigenvalue weighted by atomic mass is 10.3. The van der Waals surface area contributed by atoms with Gasteiger partial charge in [0.1, 0.15) is 0 Å². The molecule has 4 heteroatoms. The van der Waals surface area contributed by atoms with E-state index in [4.69, 9.17) is 5.73 Å². The highest BCUT2D eigenvalue weighted by Crippen LogP contribution is 2.17. The van der Waals surface area contributed by atoms with Crippen LogP contribution in [0.3, 0.4) is 0 Å². The maximum absolute atomic E-state index is 11.5. The first-order valence-electron chi connectivity index (χ1n) is 4.85. The zero-order valence-electron chi connectivity index (χ0n) is 8.99. The van der Waals surface area contributed by atoms with Gasteiger partial charge in [0.15, 0.2) is 0 Å². The fourth-order valence-electron chi connectivity index (χ4n) is 1.04. The molecule has 0 aliphatic heterocycles. The SMILES string of the molecule is CC(C)SCC(=O)Nc1ccccc1N. The number of anilines is 2. The van der Waals surface area contributed by atoms with Crippen LogP contribution in [0.25, 0.3) is 0 Å². The van der Waals surface area contributed by atoms with Crippen molar-refractivity contribution in [2.75, 3.05) is 16.8 Å². The van der Waals surface area contributed by atoms with Crippen LogP contribution in [0.5, 0.6) is 0 Å². The standard InChI is InChI=1S/C11H16N2OS/c1-8(2)15-7-11(14)13-10-6-4-3-5-9(10)12/h3-6,8H,7,12H2,1-2H3,(H,13,14). The highest BCUT2D eigenvalue weighted by Gasteiger charge is 2.05. The fourth-order valence-corrected chi connectivity index (χ4v) is 1.60. The van der Waals surface area contributed by atoms with E-state index in [1.165, 1.54) is 0 Å². The lowest BCUT2D eigenvalue weighted by Crippen LogP contribution is -2.16. The van der Waals surface area contributed by atoms with Gasteiger partial charge in [-0.3, -0.25) is 4.79 Å². The van der Waals surface area contributed by atoms with Crippen molar-refractivity contribution in [1.82, 2.24) is 0 Å². The molecule has 0 bridgehead atoms. The molecule has 3 N–H and O–H groups in total. The number of hydrogen-bond donors (Lipinski definition) is 2. The minimum absolute atomic E-state index is 0.00778. The maximum atomic E-state index is 11.5. The van der Waals surface area contributed by atoms with Crippen LogP contribution in [0, 0.1) is 0 Å². The zero-order chi connectivity index (χ0) is 11.3. The van der Waals surface area contributed by atoms with E-state index in [-0.39, 0.29) is 5.91 Å². The second kappa shape index (κ2) is 5.66. The van der Waals surface area contributed by atoms with Crippen molar-refractivity contribution in [3.8, 4) is 0 Å². The summed E-state index contributed by atoms with van der Waals surface area (Å²) in [4.78, 5) is 11.5. The van der Waals surface area contributed by atoms with Gasteiger partial charge in [0, 0.05) is 0 Å². The third kappa shape index (κ3) is 4.25. The molecule has 0 aromatic heterocycles. The maximum Gasteiger partial charge on any atom is 0.234 e. The second-order valence-electron chi connectivity index (χ2n) is 3.50. The lowest BCUT2D eigenvalue weighted by molar-refractivity contribution is -0.113. The summed E-state index contributed by atoms with van der Waals surface area (Å²) in [5.74, 6) is 0.457. The lowest BCUT2D eigenvalue weighted by Gasteiger charge is -2.08. The summed E-state index contributed by atoms with van der Waals surface area (Å²) in [5.41, 5.74) is 6.99. The van der Waals surface area contributed by atoms with Crippen LogP contribution in [-0.2, 0) is 4.79 Å². The second-order valence-corrected chi connectivity index (χ2v) is 5.06. The van der Waals surface area contributed by atoms with E-state index in [9.17, 15) is 4.79 Å². The van der Waals surface area contributed by atoms with Crippen LogP contribution in [0.2, 0.25) is 0 Å². The van der Waals surface area contributed by atoms with Gasteiger partial charge in [0.25, 0.3) is 0 Å². The third-order valence-electron chi connectivity index (χ3n) is 1.78. The first-order valence-corrected chi connectivity index (χ1v) is 5.90. The molecule has 0 unspecified atom stereocenters. The molecule has 82 valence electrons. The summed E-state index contributed by atoms with van der Waals surface area (Å²) in [6, 6.07) is 7.26. The van der Waals surface area contributed by atoms with Gasteiger partial charge in [0.2, 0.25) is 5.91 Å².